The second kappa shape index (κ2) is 9.95. The van der Waals surface area contributed by atoms with Crippen LogP contribution in [0.1, 0.15) is 25.7 Å². The second-order valence-electron chi connectivity index (χ2n) is 3.42. The predicted molar refractivity (Wildman–Crippen MR) is 55.9 cm³/mol. The molecule has 0 aliphatic rings. The Morgan fingerprint density at radius 2 is 1.94 bits per heavy atom. The van der Waals surface area contributed by atoms with Crippen molar-refractivity contribution in [1.82, 2.24) is 5.32 Å². The van der Waals surface area contributed by atoms with Crippen LogP contribution in [0, 0.1) is 0 Å². The van der Waals surface area contributed by atoms with E-state index in [9.17, 15) is 18.4 Å². The van der Waals surface area contributed by atoms with Gasteiger partial charge in [0.15, 0.2) is 0 Å². The summed E-state index contributed by atoms with van der Waals surface area (Å²) in [5.41, 5.74) is 0. The predicted octanol–water partition coefficient (Wildman–Crippen LogP) is 1.03. The lowest BCUT2D eigenvalue weighted by Gasteiger charge is -2.05. The Morgan fingerprint density at radius 1 is 1.24 bits per heavy atom. The average Bonchev–Trinajstić information content (AvgIpc) is 2.23. The molecule has 0 unspecified atom stereocenters. The van der Waals surface area contributed by atoms with E-state index < -0.39 is 19.0 Å². The van der Waals surface area contributed by atoms with Gasteiger partial charge in [-0.25, -0.2) is 8.78 Å². The van der Waals surface area contributed by atoms with Crippen molar-refractivity contribution >= 4 is 11.9 Å². The van der Waals surface area contributed by atoms with Gasteiger partial charge in [0.05, 0.1) is 6.61 Å². The van der Waals surface area contributed by atoms with Gasteiger partial charge in [-0.1, -0.05) is 0 Å². The smallest absolute Gasteiger partial charge is 0.303 e. The molecule has 17 heavy (non-hydrogen) atoms. The molecule has 0 rings (SSSR count). The van der Waals surface area contributed by atoms with E-state index in [4.69, 9.17) is 5.11 Å². The maximum absolute atomic E-state index is 11.6. The van der Waals surface area contributed by atoms with E-state index in [1.807, 2.05) is 0 Å². The third-order valence-electron chi connectivity index (χ3n) is 1.86. The van der Waals surface area contributed by atoms with Crippen LogP contribution in [0.4, 0.5) is 8.78 Å². The van der Waals surface area contributed by atoms with Crippen LogP contribution in [0.25, 0.3) is 0 Å². The molecule has 0 bridgehead atoms. The summed E-state index contributed by atoms with van der Waals surface area (Å²) in [6.07, 6.45) is -1.33. The SMILES string of the molecule is O=C(O)CCCCNC(=O)CCOCC(F)F. The Balaban J connectivity index is 3.26. The maximum atomic E-state index is 11.6. The van der Waals surface area contributed by atoms with E-state index in [1.54, 1.807) is 0 Å². The Morgan fingerprint density at radius 3 is 2.53 bits per heavy atom. The first kappa shape index (κ1) is 15.8. The summed E-state index contributed by atoms with van der Waals surface area (Å²) in [6, 6.07) is 0. The van der Waals surface area contributed by atoms with Crippen molar-refractivity contribution in [2.75, 3.05) is 19.8 Å². The van der Waals surface area contributed by atoms with E-state index in [2.05, 4.69) is 10.1 Å². The fourth-order valence-corrected chi connectivity index (χ4v) is 1.05. The highest BCUT2D eigenvalue weighted by atomic mass is 19.3. The van der Waals surface area contributed by atoms with Crippen molar-refractivity contribution in [3.63, 3.8) is 0 Å². The summed E-state index contributed by atoms with van der Waals surface area (Å²) in [6.45, 7) is -0.307. The summed E-state index contributed by atoms with van der Waals surface area (Å²) in [4.78, 5) is 21.3. The third kappa shape index (κ3) is 12.7. The molecule has 0 heterocycles. The lowest BCUT2D eigenvalue weighted by Crippen LogP contribution is -2.25. The standard InChI is InChI=1S/C10H17F2NO4/c11-8(12)7-17-6-4-9(14)13-5-2-1-3-10(15)16/h8H,1-7H2,(H,13,14)(H,15,16). The number of unbranched alkanes of at least 4 members (excludes halogenated alkanes) is 1. The molecule has 0 aromatic heterocycles. The van der Waals surface area contributed by atoms with Crippen molar-refractivity contribution in [1.29, 1.82) is 0 Å². The van der Waals surface area contributed by atoms with Crippen LogP contribution < -0.4 is 5.32 Å². The summed E-state index contributed by atoms with van der Waals surface area (Å²) in [5.74, 6) is -1.15. The Hall–Kier alpha value is -1.24. The van der Waals surface area contributed by atoms with Gasteiger partial charge in [0.25, 0.3) is 6.43 Å². The fourth-order valence-electron chi connectivity index (χ4n) is 1.05. The van der Waals surface area contributed by atoms with Gasteiger partial charge in [-0.15, -0.1) is 0 Å². The molecule has 0 saturated heterocycles. The number of carboxylic acids is 1. The zero-order valence-electron chi connectivity index (χ0n) is 9.45. The number of alkyl halides is 2. The molecule has 0 aromatic carbocycles. The van der Waals surface area contributed by atoms with Crippen molar-refractivity contribution in [3.05, 3.63) is 0 Å². The Labute approximate surface area is 98.1 Å². The van der Waals surface area contributed by atoms with Crippen molar-refractivity contribution < 1.29 is 28.2 Å². The number of hydrogen-bond donors (Lipinski definition) is 2. The first-order valence-corrected chi connectivity index (χ1v) is 5.36. The molecule has 0 aromatic rings. The number of halogens is 2. The number of carbonyl (C=O) groups is 2. The van der Waals surface area contributed by atoms with Crippen molar-refractivity contribution in [2.24, 2.45) is 0 Å². The van der Waals surface area contributed by atoms with Crippen molar-refractivity contribution in [3.8, 4) is 0 Å². The number of hydrogen-bond acceptors (Lipinski definition) is 3. The molecular weight excluding hydrogens is 236 g/mol. The quantitative estimate of drug-likeness (QED) is 0.570. The second-order valence-corrected chi connectivity index (χ2v) is 3.42. The lowest BCUT2D eigenvalue weighted by atomic mass is 10.2. The fraction of sp³-hybridized carbons (Fsp3) is 0.800. The van der Waals surface area contributed by atoms with Crippen LogP contribution in [0.5, 0.6) is 0 Å². The minimum Gasteiger partial charge on any atom is -0.481 e. The molecule has 7 heteroatoms. The van der Waals surface area contributed by atoms with Gasteiger partial charge in [0.2, 0.25) is 5.91 Å². The number of aliphatic carboxylic acids is 1. The number of amides is 1. The molecule has 2 N–H and O–H groups in total. The molecular formula is C10H17F2NO4. The van der Waals surface area contributed by atoms with Crippen LogP contribution in [-0.2, 0) is 14.3 Å². The highest BCUT2D eigenvalue weighted by Gasteiger charge is 2.04. The Bertz CT molecular complexity index is 236. The zero-order valence-corrected chi connectivity index (χ0v) is 9.45. The van der Waals surface area contributed by atoms with E-state index in [-0.39, 0.29) is 25.4 Å². The van der Waals surface area contributed by atoms with Gasteiger partial charge in [0.1, 0.15) is 6.61 Å². The zero-order chi connectivity index (χ0) is 13.1. The number of rotatable bonds is 10. The van der Waals surface area contributed by atoms with Crippen LogP contribution >= 0.6 is 0 Å². The average molecular weight is 253 g/mol. The summed E-state index contributed by atoms with van der Waals surface area (Å²) < 4.78 is 27.8. The first-order valence-electron chi connectivity index (χ1n) is 5.36. The topological polar surface area (TPSA) is 75.6 Å². The van der Waals surface area contributed by atoms with Gasteiger partial charge in [-0.2, -0.15) is 0 Å². The molecule has 100 valence electrons. The third-order valence-corrected chi connectivity index (χ3v) is 1.86. The first-order chi connectivity index (χ1) is 8.02. The molecule has 0 aliphatic carbocycles. The van der Waals surface area contributed by atoms with Gasteiger partial charge in [0, 0.05) is 19.4 Å². The monoisotopic (exact) mass is 253 g/mol. The summed E-state index contributed by atoms with van der Waals surface area (Å²) in [5, 5.41) is 10.9. The summed E-state index contributed by atoms with van der Waals surface area (Å²) in [7, 11) is 0. The number of carbonyl (C=O) groups excluding carboxylic acids is 1. The molecule has 1 amide bonds. The van der Waals surface area contributed by atoms with E-state index in [0.29, 0.717) is 19.4 Å². The number of ether oxygens (including phenoxy) is 1. The molecule has 0 radical (unpaired) electrons. The minimum absolute atomic E-state index is 0.0334. The van der Waals surface area contributed by atoms with Gasteiger partial charge < -0.3 is 15.2 Å². The largest absolute Gasteiger partial charge is 0.481 e. The van der Waals surface area contributed by atoms with Crippen LogP contribution in [0.3, 0.4) is 0 Å². The molecule has 0 aliphatic heterocycles. The van der Waals surface area contributed by atoms with Crippen LogP contribution in [0.2, 0.25) is 0 Å². The van der Waals surface area contributed by atoms with Gasteiger partial charge in [-0.3, -0.25) is 9.59 Å². The number of nitrogens with one attached hydrogen (secondary N) is 1. The molecule has 0 saturated carbocycles. The van der Waals surface area contributed by atoms with Gasteiger partial charge in [-0.05, 0) is 12.8 Å². The van der Waals surface area contributed by atoms with Gasteiger partial charge >= 0.3 is 5.97 Å². The molecule has 0 spiro atoms. The highest BCUT2D eigenvalue weighted by Crippen LogP contribution is 1.95. The number of carboxylic acid groups (broad SMARTS) is 1. The molecule has 5 nitrogen and oxygen atoms in total. The van der Waals surface area contributed by atoms with E-state index >= 15 is 0 Å². The summed E-state index contributed by atoms with van der Waals surface area (Å²) >= 11 is 0. The van der Waals surface area contributed by atoms with E-state index in [0.717, 1.165) is 0 Å². The van der Waals surface area contributed by atoms with E-state index in [1.165, 1.54) is 0 Å². The Kier molecular flexibility index (Phi) is 9.22. The van der Waals surface area contributed by atoms with Crippen LogP contribution in [0.15, 0.2) is 0 Å². The highest BCUT2D eigenvalue weighted by molar-refractivity contribution is 5.75. The lowest BCUT2D eigenvalue weighted by molar-refractivity contribution is -0.137. The molecule has 0 fully saturated rings. The molecule has 0 atom stereocenters. The normalized spacial score (nSPS) is 10.5. The van der Waals surface area contributed by atoms with Crippen molar-refractivity contribution in [2.45, 2.75) is 32.1 Å². The minimum atomic E-state index is -2.52. The maximum Gasteiger partial charge on any atom is 0.303 e. The van der Waals surface area contributed by atoms with Crippen LogP contribution in [-0.4, -0.2) is 43.2 Å².